The van der Waals surface area contributed by atoms with Crippen LogP contribution in [0.4, 0.5) is 4.79 Å². The molecule has 0 atom stereocenters. The molecule has 3 fully saturated rings. The summed E-state index contributed by atoms with van der Waals surface area (Å²) < 4.78 is 0. The highest BCUT2D eigenvalue weighted by Crippen LogP contribution is 2.39. The number of carbonyl (C=O) groups is 3. The first kappa shape index (κ1) is 16.3. The van der Waals surface area contributed by atoms with Gasteiger partial charge in [-0.3, -0.25) is 14.5 Å². The number of amides is 4. The number of likely N-dealkylation sites (tertiary alicyclic amines) is 1. The van der Waals surface area contributed by atoms with E-state index in [0.717, 1.165) is 58.0 Å². The topological polar surface area (TPSA) is 60.9 Å². The maximum Gasteiger partial charge on any atom is 0.327 e. The fourth-order valence-electron chi connectivity index (χ4n) is 4.16. The summed E-state index contributed by atoms with van der Waals surface area (Å²) in [5, 5.41) is 0. The van der Waals surface area contributed by atoms with E-state index in [0.29, 0.717) is 5.92 Å². The first-order chi connectivity index (χ1) is 11.0. The van der Waals surface area contributed by atoms with Gasteiger partial charge in [0.2, 0.25) is 5.91 Å². The van der Waals surface area contributed by atoms with E-state index in [9.17, 15) is 14.4 Å². The number of likely N-dealkylation sites (N-methyl/N-ethyl adjacent to an activating group) is 1. The summed E-state index contributed by atoms with van der Waals surface area (Å²) >= 11 is 0. The third kappa shape index (κ3) is 2.72. The number of nitrogens with zero attached hydrogens (tertiary/aromatic N) is 3. The molecule has 23 heavy (non-hydrogen) atoms. The third-order valence-electron chi connectivity index (χ3n) is 5.91. The smallest absolute Gasteiger partial charge is 0.327 e. The van der Waals surface area contributed by atoms with Gasteiger partial charge < -0.3 is 9.80 Å². The van der Waals surface area contributed by atoms with Gasteiger partial charge in [-0.05, 0) is 31.6 Å². The Kier molecular flexibility index (Phi) is 4.34. The van der Waals surface area contributed by atoms with Gasteiger partial charge in [-0.2, -0.15) is 0 Å². The van der Waals surface area contributed by atoms with Gasteiger partial charge in [-0.15, -0.1) is 0 Å². The minimum absolute atomic E-state index is 0.0974. The first-order valence-electron chi connectivity index (χ1n) is 8.83. The van der Waals surface area contributed by atoms with Crippen LogP contribution in [0.5, 0.6) is 0 Å². The Labute approximate surface area is 137 Å². The van der Waals surface area contributed by atoms with Crippen molar-refractivity contribution in [3.8, 4) is 0 Å². The number of urea groups is 1. The number of piperidine rings is 1. The van der Waals surface area contributed by atoms with E-state index >= 15 is 0 Å². The van der Waals surface area contributed by atoms with Gasteiger partial charge in [0.15, 0.2) is 0 Å². The predicted octanol–water partition coefficient (Wildman–Crippen LogP) is 1.84. The molecule has 3 aliphatic rings. The van der Waals surface area contributed by atoms with Crippen molar-refractivity contribution in [3.63, 3.8) is 0 Å². The van der Waals surface area contributed by atoms with Crippen LogP contribution in [0.15, 0.2) is 0 Å². The molecule has 2 aliphatic heterocycles. The molecule has 0 unspecified atom stereocenters. The Morgan fingerprint density at radius 2 is 1.74 bits per heavy atom. The first-order valence-corrected chi connectivity index (χ1v) is 8.83. The average Bonchev–Trinajstić information content (AvgIpc) is 2.72. The molecular formula is C17H27N3O3. The monoisotopic (exact) mass is 321 g/mol. The Hall–Kier alpha value is -1.59. The van der Waals surface area contributed by atoms with Crippen LogP contribution >= 0.6 is 0 Å². The number of carbonyl (C=O) groups excluding carboxylic acids is 3. The van der Waals surface area contributed by atoms with Crippen molar-refractivity contribution in [3.05, 3.63) is 0 Å². The molecule has 0 radical (unpaired) electrons. The van der Waals surface area contributed by atoms with Gasteiger partial charge in [-0.1, -0.05) is 26.2 Å². The average molecular weight is 321 g/mol. The second-order valence-electron chi connectivity index (χ2n) is 7.39. The molecule has 1 aliphatic carbocycles. The van der Waals surface area contributed by atoms with E-state index in [4.69, 9.17) is 0 Å². The lowest BCUT2D eigenvalue weighted by Gasteiger charge is -2.36. The summed E-state index contributed by atoms with van der Waals surface area (Å²) in [5.74, 6) is 0.383. The minimum atomic E-state index is -0.688. The van der Waals surface area contributed by atoms with Crippen LogP contribution in [0.2, 0.25) is 0 Å². The van der Waals surface area contributed by atoms with Crippen LogP contribution in [-0.4, -0.2) is 64.8 Å². The molecule has 1 spiro atoms. The number of hydrogen-bond acceptors (Lipinski definition) is 3. The zero-order valence-electron chi connectivity index (χ0n) is 14.2. The van der Waals surface area contributed by atoms with Crippen molar-refractivity contribution in [2.24, 2.45) is 5.92 Å². The zero-order chi connectivity index (χ0) is 16.6. The SMILES string of the molecule is CC1CCN(C(=O)CN2C(=O)N(C)C3(CCCCC3)C2=O)CC1. The van der Waals surface area contributed by atoms with Gasteiger partial charge in [0.25, 0.3) is 5.91 Å². The number of rotatable bonds is 2. The second kappa shape index (κ2) is 6.13. The molecule has 6 heteroatoms. The third-order valence-corrected chi connectivity index (χ3v) is 5.91. The molecule has 2 saturated heterocycles. The Morgan fingerprint density at radius 3 is 2.35 bits per heavy atom. The summed E-state index contributed by atoms with van der Waals surface area (Å²) in [4.78, 5) is 42.4. The Balaban J connectivity index is 1.69. The fraction of sp³-hybridized carbons (Fsp3) is 0.824. The van der Waals surface area contributed by atoms with Crippen LogP contribution in [0.25, 0.3) is 0 Å². The van der Waals surface area contributed by atoms with E-state index < -0.39 is 5.54 Å². The van der Waals surface area contributed by atoms with Gasteiger partial charge >= 0.3 is 6.03 Å². The van der Waals surface area contributed by atoms with Crippen LogP contribution < -0.4 is 0 Å². The standard InChI is InChI=1S/C17H27N3O3/c1-13-6-10-19(11-7-13)14(21)12-20-15(22)17(18(2)16(20)23)8-4-3-5-9-17/h13H,3-12H2,1-2H3. The second-order valence-corrected chi connectivity index (χ2v) is 7.39. The maximum absolute atomic E-state index is 12.9. The molecule has 0 bridgehead atoms. The molecule has 0 N–H and O–H groups in total. The van der Waals surface area contributed by atoms with Crippen molar-refractivity contribution in [2.75, 3.05) is 26.7 Å². The molecule has 0 aromatic rings. The van der Waals surface area contributed by atoms with Crippen molar-refractivity contribution in [2.45, 2.75) is 57.4 Å². The van der Waals surface area contributed by atoms with Crippen molar-refractivity contribution < 1.29 is 14.4 Å². The van der Waals surface area contributed by atoms with Crippen molar-refractivity contribution >= 4 is 17.8 Å². The maximum atomic E-state index is 12.9. The highest BCUT2D eigenvalue weighted by molar-refractivity contribution is 6.08. The number of imide groups is 1. The largest absolute Gasteiger partial charge is 0.341 e. The summed E-state index contributed by atoms with van der Waals surface area (Å²) in [6.07, 6.45) is 6.49. The lowest BCUT2D eigenvalue weighted by atomic mass is 9.81. The van der Waals surface area contributed by atoms with Crippen LogP contribution in [-0.2, 0) is 9.59 Å². The van der Waals surface area contributed by atoms with Gasteiger partial charge in [-0.25, -0.2) is 4.79 Å². The lowest BCUT2D eigenvalue weighted by molar-refractivity contribution is -0.141. The Bertz CT molecular complexity index is 505. The molecule has 4 amide bonds. The highest BCUT2D eigenvalue weighted by Gasteiger charge is 2.55. The minimum Gasteiger partial charge on any atom is -0.341 e. The lowest BCUT2D eigenvalue weighted by Crippen LogP contribution is -2.50. The van der Waals surface area contributed by atoms with E-state index in [1.165, 1.54) is 4.90 Å². The molecule has 0 aromatic carbocycles. The Morgan fingerprint density at radius 1 is 1.13 bits per heavy atom. The predicted molar refractivity (Wildman–Crippen MR) is 85.7 cm³/mol. The normalized spacial score (nSPS) is 25.6. The van der Waals surface area contributed by atoms with E-state index in [1.807, 2.05) is 0 Å². The molecule has 6 nitrogen and oxygen atoms in total. The van der Waals surface area contributed by atoms with E-state index in [2.05, 4.69) is 6.92 Å². The summed E-state index contributed by atoms with van der Waals surface area (Å²) in [6.45, 7) is 3.56. The van der Waals surface area contributed by atoms with Crippen LogP contribution in [0, 0.1) is 5.92 Å². The fourth-order valence-corrected chi connectivity index (χ4v) is 4.16. The van der Waals surface area contributed by atoms with E-state index in [-0.39, 0.29) is 24.4 Å². The molecule has 3 rings (SSSR count). The molecule has 1 saturated carbocycles. The van der Waals surface area contributed by atoms with E-state index in [1.54, 1.807) is 16.8 Å². The zero-order valence-corrected chi connectivity index (χ0v) is 14.2. The van der Waals surface area contributed by atoms with Gasteiger partial charge in [0, 0.05) is 20.1 Å². The molecule has 128 valence electrons. The van der Waals surface area contributed by atoms with Crippen molar-refractivity contribution in [1.29, 1.82) is 0 Å². The van der Waals surface area contributed by atoms with Gasteiger partial charge in [0.05, 0.1) is 0 Å². The van der Waals surface area contributed by atoms with Gasteiger partial charge in [0.1, 0.15) is 12.1 Å². The number of hydrogen-bond donors (Lipinski definition) is 0. The highest BCUT2D eigenvalue weighted by atomic mass is 16.2. The molecule has 2 heterocycles. The van der Waals surface area contributed by atoms with Crippen LogP contribution in [0.1, 0.15) is 51.9 Å². The molecular weight excluding hydrogens is 294 g/mol. The summed E-state index contributed by atoms with van der Waals surface area (Å²) in [6, 6.07) is -0.310. The summed E-state index contributed by atoms with van der Waals surface area (Å²) in [7, 11) is 1.71. The van der Waals surface area contributed by atoms with Crippen LogP contribution in [0.3, 0.4) is 0 Å². The molecule has 0 aromatic heterocycles. The quantitative estimate of drug-likeness (QED) is 0.729. The summed E-state index contributed by atoms with van der Waals surface area (Å²) in [5.41, 5.74) is -0.688. The van der Waals surface area contributed by atoms with Crippen molar-refractivity contribution in [1.82, 2.24) is 14.7 Å².